The van der Waals surface area contributed by atoms with E-state index in [2.05, 4.69) is 50.5 Å². The number of methoxy groups -OCH3 is 1. The molecule has 18 atom stereocenters. The maximum Gasteiger partial charge on any atom is 0.397 e. The molecule has 2 aliphatic heterocycles. The van der Waals surface area contributed by atoms with E-state index in [0.29, 0.717) is 44.9 Å². The number of esters is 1. The van der Waals surface area contributed by atoms with E-state index in [9.17, 15) is 82.6 Å². The Labute approximate surface area is 453 Å². The van der Waals surface area contributed by atoms with Gasteiger partial charge in [-0.1, -0.05) is 53.2 Å². The zero-order valence-electron chi connectivity index (χ0n) is 43.5. The fraction of sp³-hybridized carbons (Fsp3) is 0.929. The summed E-state index contributed by atoms with van der Waals surface area (Å²) in [7, 11) is -32.8. The van der Waals surface area contributed by atoms with Crippen molar-refractivity contribution in [3.05, 3.63) is 11.6 Å². The van der Waals surface area contributed by atoms with Crippen LogP contribution in [0.25, 0.3) is 0 Å². The fourth-order valence-corrected chi connectivity index (χ4v) is 17.8. The summed E-state index contributed by atoms with van der Waals surface area (Å²) < 4.78 is 264. The van der Waals surface area contributed by atoms with E-state index in [1.807, 2.05) is 6.92 Å². The van der Waals surface area contributed by atoms with Gasteiger partial charge >= 0.3 is 68.4 Å². The quantitative estimate of drug-likeness (QED) is 0.0497. The van der Waals surface area contributed by atoms with Gasteiger partial charge in [-0.05, 0) is 111 Å². The van der Waals surface area contributed by atoms with Crippen LogP contribution in [0.2, 0.25) is 0 Å². The van der Waals surface area contributed by atoms with E-state index in [-0.39, 0.29) is 29.6 Å². The summed E-state index contributed by atoms with van der Waals surface area (Å²) in [6, 6.07) is 0. The van der Waals surface area contributed by atoms with Crippen LogP contribution in [0.5, 0.6) is 0 Å². The Bertz CT molecular complexity index is 3020. The Hall–Kier alpha value is -1.73. The normalized spacial score (nSPS) is 42.5. The van der Waals surface area contributed by atoms with Gasteiger partial charge < -0.3 is 23.7 Å². The first kappa shape index (κ1) is 63.8. The van der Waals surface area contributed by atoms with Crippen molar-refractivity contribution in [2.24, 2.45) is 50.2 Å². The van der Waals surface area contributed by atoms with Crippen molar-refractivity contribution in [1.82, 2.24) is 0 Å². The van der Waals surface area contributed by atoms with Crippen LogP contribution in [0.4, 0.5) is 0 Å². The Kier molecular flexibility index (Phi) is 17.5. The highest BCUT2D eigenvalue weighted by atomic mass is 32.3. The molecule has 2 heterocycles. The predicted octanol–water partition coefficient (Wildman–Crippen LogP) is 2.57. The number of hydrogen-bond acceptors (Lipinski definition) is 24. The molecule has 78 heavy (non-hydrogen) atoms. The number of carbonyl (C=O) groups excluding carboxylic acids is 1. The number of ether oxygens (including phenoxy) is 5. The molecule has 7 unspecified atom stereocenters. The van der Waals surface area contributed by atoms with Crippen molar-refractivity contribution in [2.75, 3.05) is 20.3 Å². The molecule has 0 spiro atoms. The smallest absolute Gasteiger partial charge is 0.397 e. The standard InChI is InChI=1S/C42H68O30S6/c1-22-29(69-75(50,51)52)31(71-77(56,57)58)33(72-78(59,60)61)35(65-22)67-32-30(70-76(53,54)55)25(68-74(47,48)49)20-63-34(32)66-28-12-13-38(4)26(39(28,5)21-64-73(44,45)46)11-14-41(7)27(38)10-9-23-24-19-37(2,3)15-17-42(24,36(43)62-8)18-16-40(23,41)6/h9,22,24-35H,10-21H2,1-8H3,(H,44,45,46)(H,47,48,49)(H,50,51,52)(H,53,54,55)(H,56,57,58)(H,59,60,61)/t22-,24?,25-,26?,27?,28?,29-,30-,31+,32+,33+,34-,35-,38?,39+,40+,41?,42?/m0/s1. The molecule has 0 bridgehead atoms. The lowest BCUT2D eigenvalue weighted by molar-refractivity contribution is -0.358. The highest BCUT2D eigenvalue weighted by Gasteiger charge is 2.71. The summed E-state index contributed by atoms with van der Waals surface area (Å²) in [4.78, 5) is 13.8. The van der Waals surface area contributed by atoms with Crippen molar-refractivity contribution >= 4 is 68.4 Å². The van der Waals surface area contributed by atoms with E-state index >= 15 is 0 Å². The van der Waals surface area contributed by atoms with Gasteiger partial charge in [0.05, 0.1) is 37.9 Å². The maximum absolute atomic E-state index is 13.8. The van der Waals surface area contributed by atoms with Gasteiger partial charge in [-0.3, -0.25) is 32.1 Å². The van der Waals surface area contributed by atoms with Crippen LogP contribution in [0.1, 0.15) is 113 Å². The first-order valence-corrected chi connectivity index (χ1v) is 32.8. The second-order valence-corrected chi connectivity index (χ2v) is 29.6. The third-order valence-electron chi connectivity index (χ3n) is 18.4. The van der Waals surface area contributed by atoms with Crippen LogP contribution in [-0.4, -0.2) is 166 Å². The first-order chi connectivity index (χ1) is 35.3. The fourth-order valence-electron chi connectivity index (χ4n) is 14.9. The van der Waals surface area contributed by atoms with Crippen LogP contribution in [-0.2, 0) is 116 Å². The van der Waals surface area contributed by atoms with E-state index in [1.165, 1.54) is 12.7 Å². The minimum absolute atomic E-state index is 0.0494. The van der Waals surface area contributed by atoms with Crippen molar-refractivity contribution < 1.29 is 131 Å². The minimum Gasteiger partial charge on any atom is -0.469 e. The van der Waals surface area contributed by atoms with Crippen LogP contribution >= 0.6 is 0 Å². The van der Waals surface area contributed by atoms with Gasteiger partial charge in [0.2, 0.25) is 0 Å². The van der Waals surface area contributed by atoms with Gasteiger partial charge in [0.25, 0.3) is 0 Å². The lowest BCUT2D eigenvalue weighted by Crippen LogP contribution is -2.67. The van der Waals surface area contributed by atoms with Crippen LogP contribution in [0.15, 0.2) is 11.6 Å². The Morgan fingerprint density at radius 1 is 0.615 bits per heavy atom. The van der Waals surface area contributed by atoms with E-state index in [1.54, 1.807) is 6.92 Å². The molecule has 0 aromatic heterocycles. The maximum atomic E-state index is 13.8. The summed E-state index contributed by atoms with van der Waals surface area (Å²) in [5.41, 5.74) is -2.76. The Morgan fingerprint density at radius 2 is 1.17 bits per heavy atom. The monoisotopic (exact) mass is 1240 g/mol. The molecule has 6 N–H and O–H groups in total. The topological polar surface area (TPSA) is 445 Å². The molecule has 7 aliphatic rings. The number of fused-ring (bicyclic) bond motifs is 7. The van der Waals surface area contributed by atoms with Crippen molar-refractivity contribution in [3.63, 3.8) is 0 Å². The zero-order valence-corrected chi connectivity index (χ0v) is 48.4. The summed E-state index contributed by atoms with van der Waals surface area (Å²) in [6.07, 6.45) is -17.0. The van der Waals surface area contributed by atoms with Gasteiger partial charge in [0.15, 0.2) is 18.7 Å². The molecule has 452 valence electrons. The molecule has 2 saturated heterocycles. The molecule has 0 radical (unpaired) electrons. The van der Waals surface area contributed by atoms with Crippen molar-refractivity contribution in [2.45, 2.75) is 174 Å². The lowest BCUT2D eigenvalue weighted by Gasteiger charge is -2.71. The van der Waals surface area contributed by atoms with Crippen molar-refractivity contribution in [3.8, 4) is 0 Å². The van der Waals surface area contributed by atoms with E-state index < -0.39 is 170 Å². The molecular formula is C42H68O30S6. The molecule has 0 aromatic carbocycles. The SMILES string of the molecule is COC(=O)C12CCC(C)(C)CC1C1=CCC3C4(C)CCC(O[C@@H]5OC[C@H](OS(=O)(=O)O)[C@H](OS(=O)(=O)O)[C@H]5O[C@@H]5O[C@@H](C)[C@H](OS(=O)(=O)O)[C@@H](OS(=O)(=O)O)[C@H]5OS(=O)(=O)O)[C@](C)(COS(=O)(=O)O)C4CCC3(C)[C@]1(C)CC2. The molecule has 30 nitrogen and oxygen atoms in total. The molecule has 0 amide bonds. The molecule has 4 saturated carbocycles. The molecule has 6 fully saturated rings. The van der Waals surface area contributed by atoms with Gasteiger partial charge in [0, 0.05) is 5.41 Å². The van der Waals surface area contributed by atoms with Gasteiger partial charge in [0.1, 0.15) is 30.5 Å². The third kappa shape index (κ3) is 13.1. The number of carbonyl (C=O) groups is 1. The molecule has 36 heteroatoms. The second kappa shape index (κ2) is 21.4. The van der Waals surface area contributed by atoms with Gasteiger partial charge in [-0.2, -0.15) is 50.5 Å². The largest absolute Gasteiger partial charge is 0.469 e. The molecule has 5 aliphatic carbocycles. The lowest BCUT2D eigenvalue weighted by atomic mass is 9.33. The molecular weight excluding hydrogens is 1180 g/mol. The number of allylic oxidation sites excluding steroid dienone is 2. The average molecular weight is 1250 g/mol. The zero-order chi connectivity index (χ0) is 58.6. The first-order valence-electron chi connectivity index (χ1n) is 24.6. The van der Waals surface area contributed by atoms with Crippen LogP contribution in [0.3, 0.4) is 0 Å². The number of hydrogen-bond donors (Lipinski definition) is 6. The Balaban J connectivity index is 1.31. The third-order valence-corrected chi connectivity index (χ3v) is 21.1. The molecule has 7 rings (SSSR count). The highest BCUT2D eigenvalue weighted by Crippen LogP contribution is 2.76. The van der Waals surface area contributed by atoms with E-state index in [0.717, 1.165) is 19.8 Å². The van der Waals surface area contributed by atoms with Gasteiger partial charge in [-0.15, -0.1) is 0 Å². The molecule has 0 aromatic rings. The van der Waals surface area contributed by atoms with Gasteiger partial charge in [-0.25, -0.2) is 25.1 Å². The predicted molar refractivity (Wildman–Crippen MR) is 259 cm³/mol. The van der Waals surface area contributed by atoms with E-state index in [4.69, 9.17) is 32.1 Å². The summed E-state index contributed by atoms with van der Waals surface area (Å²) >= 11 is 0. The number of rotatable bonds is 18. The average Bonchev–Trinajstić information content (AvgIpc) is 3.25. The Morgan fingerprint density at radius 3 is 1.73 bits per heavy atom. The summed E-state index contributed by atoms with van der Waals surface area (Å²) in [5.74, 6) is -1.09. The van der Waals surface area contributed by atoms with Crippen LogP contribution in [0, 0.1) is 50.2 Å². The van der Waals surface area contributed by atoms with Crippen LogP contribution < -0.4 is 0 Å². The van der Waals surface area contributed by atoms with Crippen molar-refractivity contribution in [1.29, 1.82) is 0 Å². The minimum atomic E-state index is -5.93. The summed E-state index contributed by atoms with van der Waals surface area (Å²) in [6.45, 7) is 11.4. The highest BCUT2D eigenvalue weighted by molar-refractivity contribution is 7.82. The second-order valence-electron chi connectivity index (χ2n) is 23.3. The summed E-state index contributed by atoms with van der Waals surface area (Å²) in [5, 5.41) is 0.